The number of aliphatic imine (C=N–C) groups is 1. The highest BCUT2D eigenvalue weighted by Crippen LogP contribution is 2.12. The van der Waals surface area contributed by atoms with Crippen LogP contribution in [0, 0.1) is 0 Å². The topological polar surface area (TPSA) is 58.7 Å². The van der Waals surface area contributed by atoms with E-state index in [0.717, 1.165) is 12.2 Å². The normalized spacial score (nSPS) is 28.4. The van der Waals surface area contributed by atoms with Crippen LogP contribution in [0.4, 0.5) is 0 Å². The minimum atomic E-state index is -0.533. The Kier molecular flexibility index (Phi) is 3.35. The maximum atomic E-state index is 11.1. The molecular weight excluding hydrogens is 214 g/mol. The Balaban J connectivity index is 2.37. The van der Waals surface area contributed by atoms with Crippen molar-refractivity contribution in [3.8, 4) is 0 Å². The average Bonchev–Trinajstić information content (AvgIpc) is 2.34. The monoisotopic (exact) mass is 227 g/mol. The van der Waals surface area contributed by atoms with Crippen LogP contribution in [0.3, 0.4) is 0 Å². The summed E-state index contributed by atoms with van der Waals surface area (Å²) in [5.41, 5.74) is 6.39. The van der Waals surface area contributed by atoms with E-state index in [1.54, 1.807) is 18.4 Å². The zero-order chi connectivity index (χ0) is 12.1. The molecule has 0 aromatic carbocycles. The van der Waals surface area contributed by atoms with Gasteiger partial charge in [0.1, 0.15) is 5.71 Å². The number of rotatable bonds is 1. The van der Waals surface area contributed by atoms with E-state index < -0.39 is 5.91 Å². The zero-order valence-corrected chi connectivity index (χ0v) is 9.28. The molecule has 0 spiro atoms. The summed E-state index contributed by atoms with van der Waals surface area (Å²) in [5, 5.41) is 0. The predicted octanol–water partition coefficient (Wildman–Crippen LogP) is 1.27. The number of fused-ring (bicyclic) bond motifs is 1. The molecule has 2 N–H and O–H groups in total. The van der Waals surface area contributed by atoms with Crippen molar-refractivity contribution in [2.24, 2.45) is 10.7 Å². The highest BCUT2D eigenvalue weighted by atomic mass is 16.1. The zero-order valence-electron chi connectivity index (χ0n) is 9.28. The number of hydrogen-bond acceptors (Lipinski definition) is 3. The molecule has 0 aromatic heterocycles. The van der Waals surface area contributed by atoms with Gasteiger partial charge in [0.2, 0.25) is 0 Å². The van der Waals surface area contributed by atoms with Crippen LogP contribution in [0.5, 0.6) is 0 Å². The van der Waals surface area contributed by atoms with Crippen molar-refractivity contribution in [2.75, 3.05) is 6.54 Å². The highest BCUT2D eigenvalue weighted by molar-refractivity contribution is 6.43. The largest absolute Gasteiger partial charge is 0.364 e. The van der Waals surface area contributed by atoms with Gasteiger partial charge >= 0.3 is 0 Å². The van der Waals surface area contributed by atoms with Gasteiger partial charge in [-0.2, -0.15) is 0 Å². The average molecular weight is 227 g/mol. The third kappa shape index (κ3) is 2.81. The molecule has 2 aliphatic rings. The van der Waals surface area contributed by atoms with E-state index in [0.29, 0.717) is 0 Å². The van der Waals surface area contributed by atoms with E-state index >= 15 is 0 Å². The molecule has 2 rings (SSSR count). The van der Waals surface area contributed by atoms with Crippen LogP contribution in [0.2, 0.25) is 0 Å². The Bertz CT molecular complexity index is 493. The van der Waals surface area contributed by atoms with Crippen molar-refractivity contribution in [2.45, 2.75) is 0 Å². The Hall–Kier alpha value is -2.36. The van der Waals surface area contributed by atoms with Crippen molar-refractivity contribution in [3.05, 3.63) is 60.6 Å². The summed E-state index contributed by atoms with van der Waals surface area (Å²) in [7, 11) is 0. The van der Waals surface area contributed by atoms with Crippen molar-refractivity contribution in [1.82, 2.24) is 4.90 Å². The van der Waals surface area contributed by atoms with Crippen molar-refractivity contribution in [3.63, 3.8) is 0 Å². The van der Waals surface area contributed by atoms with Gasteiger partial charge in [0.05, 0.1) is 11.9 Å². The van der Waals surface area contributed by atoms with Crippen LogP contribution in [0.1, 0.15) is 0 Å². The van der Waals surface area contributed by atoms with Gasteiger partial charge in [-0.1, -0.05) is 24.3 Å². The van der Waals surface area contributed by atoms with Crippen molar-refractivity contribution >= 4 is 11.6 Å². The highest BCUT2D eigenvalue weighted by Gasteiger charge is 2.06. The summed E-state index contributed by atoms with van der Waals surface area (Å²) < 4.78 is 0. The Morgan fingerprint density at radius 2 is 2.06 bits per heavy atom. The van der Waals surface area contributed by atoms with Crippen LogP contribution in [0.25, 0.3) is 0 Å². The molecule has 2 heterocycles. The lowest BCUT2D eigenvalue weighted by molar-refractivity contribution is -0.111. The third-order valence-corrected chi connectivity index (χ3v) is 2.37. The lowest BCUT2D eigenvalue weighted by Gasteiger charge is -2.21. The molecule has 4 heteroatoms. The standard InChI is InChI=1S/C13H13N3O/c14-13(17)12-7-2-1-4-8-16-9-5-3-6-11(16)10-15-12/h1-7,9-10H,8H2,(H2,14,17)/b4-1-,7-2-,11-10-,15-12-. The van der Waals surface area contributed by atoms with Gasteiger partial charge in [0, 0.05) is 12.7 Å². The maximum Gasteiger partial charge on any atom is 0.267 e. The first kappa shape index (κ1) is 11.1. The Morgan fingerprint density at radius 3 is 2.88 bits per heavy atom. The van der Waals surface area contributed by atoms with E-state index in [1.807, 2.05) is 41.5 Å². The van der Waals surface area contributed by atoms with Gasteiger partial charge in [0.25, 0.3) is 5.91 Å². The number of allylic oxidation sites excluding steroid dienone is 5. The van der Waals surface area contributed by atoms with Crippen LogP contribution in [-0.4, -0.2) is 23.1 Å². The van der Waals surface area contributed by atoms with Gasteiger partial charge in [-0.15, -0.1) is 0 Å². The van der Waals surface area contributed by atoms with Gasteiger partial charge in [-0.3, -0.25) is 4.79 Å². The SMILES string of the molecule is NC(=O)C1=N\C=C2\C=CC=CN2C\C=C/C=C\1. The summed E-state index contributed by atoms with van der Waals surface area (Å²) in [4.78, 5) is 17.2. The lowest BCUT2D eigenvalue weighted by atomic mass is 10.2. The lowest BCUT2D eigenvalue weighted by Crippen LogP contribution is -2.22. The first-order chi connectivity index (χ1) is 8.27. The molecule has 86 valence electrons. The molecule has 0 aromatic rings. The van der Waals surface area contributed by atoms with Gasteiger partial charge < -0.3 is 10.6 Å². The number of amides is 1. The fourth-order valence-electron chi connectivity index (χ4n) is 1.50. The summed E-state index contributed by atoms with van der Waals surface area (Å²) >= 11 is 0. The fourth-order valence-corrected chi connectivity index (χ4v) is 1.50. The molecule has 0 atom stereocenters. The number of hydrogen-bond donors (Lipinski definition) is 1. The molecule has 0 aliphatic carbocycles. The smallest absolute Gasteiger partial charge is 0.267 e. The van der Waals surface area contributed by atoms with Crippen LogP contribution >= 0.6 is 0 Å². The third-order valence-electron chi connectivity index (χ3n) is 2.37. The number of primary amides is 1. The molecular formula is C13H13N3O. The quantitative estimate of drug-likeness (QED) is 0.733. The number of nitrogens with two attached hydrogens (primary N) is 1. The molecule has 17 heavy (non-hydrogen) atoms. The molecule has 0 bridgehead atoms. The minimum absolute atomic E-state index is 0.243. The van der Waals surface area contributed by atoms with E-state index in [-0.39, 0.29) is 5.71 Å². The van der Waals surface area contributed by atoms with Crippen LogP contribution in [-0.2, 0) is 4.79 Å². The second kappa shape index (κ2) is 5.12. The van der Waals surface area contributed by atoms with Crippen molar-refractivity contribution < 1.29 is 4.79 Å². The predicted molar refractivity (Wildman–Crippen MR) is 68.0 cm³/mol. The molecule has 4 nitrogen and oxygen atoms in total. The first-order valence-electron chi connectivity index (χ1n) is 5.30. The summed E-state index contributed by atoms with van der Waals surface area (Å²) in [6.45, 7) is 0.762. The summed E-state index contributed by atoms with van der Waals surface area (Å²) in [5.74, 6) is -0.533. The second-order valence-corrected chi connectivity index (χ2v) is 3.57. The fraction of sp³-hybridized carbons (Fsp3) is 0.0769. The molecule has 0 fully saturated rings. The molecule has 1 amide bonds. The molecule has 0 unspecified atom stereocenters. The number of nitrogens with zero attached hydrogens (tertiary/aromatic N) is 2. The number of carbonyl (C=O) groups excluding carboxylic acids is 1. The van der Waals surface area contributed by atoms with E-state index in [2.05, 4.69) is 4.99 Å². The van der Waals surface area contributed by atoms with Crippen LogP contribution < -0.4 is 5.73 Å². The van der Waals surface area contributed by atoms with Gasteiger partial charge in [0.15, 0.2) is 0 Å². The summed E-state index contributed by atoms with van der Waals surface area (Å²) in [6.07, 6.45) is 16.6. The molecule has 2 aliphatic heterocycles. The molecule has 0 saturated carbocycles. The van der Waals surface area contributed by atoms with Crippen molar-refractivity contribution in [1.29, 1.82) is 0 Å². The first-order valence-corrected chi connectivity index (χ1v) is 5.30. The van der Waals surface area contributed by atoms with E-state index in [1.165, 1.54) is 0 Å². The Morgan fingerprint density at radius 1 is 1.24 bits per heavy atom. The second-order valence-electron chi connectivity index (χ2n) is 3.57. The van der Waals surface area contributed by atoms with Gasteiger partial charge in [-0.25, -0.2) is 4.99 Å². The molecule has 0 saturated heterocycles. The summed E-state index contributed by atoms with van der Waals surface area (Å²) in [6, 6.07) is 0. The number of carbonyl (C=O) groups is 1. The van der Waals surface area contributed by atoms with Gasteiger partial charge in [-0.05, 0) is 18.2 Å². The van der Waals surface area contributed by atoms with E-state index in [9.17, 15) is 4.79 Å². The Labute approximate surface area is 99.8 Å². The maximum absolute atomic E-state index is 11.1. The van der Waals surface area contributed by atoms with E-state index in [4.69, 9.17) is 5.73 Å². The molecule has 0 radical (unpaired) electrons. The van der Waals surface area contributed by atoms with Crippen LogP contribution in [0.15, 0.2) is 65.6 Å². The minimum Gasteiger partial charge on any atom is -0.364 e.